The van der Waals surface area contributed by atoms with Gasteiger partial charge in [0, 0.05) is 7.05 Å². The molecule has 0 aliphatic heterocycles. The fourth-order valence-corrected chi connectivity index (χ4v) is 2.56. The van der Waals surface area contributed by atoms with Gasteiger partial charge in [0.2, 0.25) is 5.88 Å². The minimum atomic E-state index is -0.108. The van der Waals surface area contributed by atoms with Gasteiger partial charge in [-0.1, -0.05) is 0 Å². The van der Waals surface area contributed by atoms with Crippen LogP contribution in [0.2, 0.25) is 0 Å². The number of hydrogen-bond donors (Lipinski definition) is 1. The third-order valence-corrected chi connectivity index (χ3v) is 3.47. The van der Waals surface area contributed by atoms with Crippen molar-refractivity contribution < 1.29 is 4.74 Å². The van der Waals surface area contributed by atoms with E-state index < -0.39 is 0 Å². The number of hydrogen-bond acceptors (Lipinski definition) is 6. The van der Waals surface area contributed by atoms with E-state index in [1.165, 1.54) is 6.33 Å². The SMILES string of the molecule is COc1ncnc2c1[nH]c(=S)n2C(C)c1nncn1C. The summed E-state index contributed by atoms with van der Waals surface area (Å²) in [5.74, 6) is 1.25. The Hall–Kier alpha value is -2.29. The summed E-state index contributed by atoms with van der Waals surface area (Å²) in [6, 6.07) is -0.108. The number of fused-ring (bicyclic) bond motifs is 1. The van der Waals surface area contributed by atoms with Gasteiger partial charge in [-0.25, -0.2) is 4.98 Å². The molecule has 0 spiro atoms. The molecule has 0 saturated carbocycles. The normalized spacial score (nSPS) is 12.8. The lowest BCUT2D eigenvalue weighted by atomic mass is 10.3. The highest BCUT2D eigenvalue weighted by Crippen LogP contribution is 2.25. The number of H-pyrrole nitrogens is 1. The van der Waals surface area contributed by atoms with Gasteiger partial charge in [0.05, 0.1) is 13.2 Å². The minimum Gasteiger partial charge on any atom is -0.479 e. The number of rotatable bonds is 3. The van der Waals surface area contributed by atoms with E-state index in [0.717, 1.165) is 5.82 Å². The highest BCUT2D eigenvalue weighted by atomic mass is 32.1. The van der Waals surface area contributed by atoms with Crippen LogP contribution in [0.1, 0.15) is 18.8 Å². The zero-order chi connectivity index (χ0) is 14.3. The lowest BCUT2D eigenvalue weighted by Crippen LogP contribution is -2.12. The average Bonchev–Trinajstić information content (AvgIpc) is 3.00. The maximum absolute atomic E-state index is 5.38. The second kappa shape index (κ2) is 4.67. The lowest BCUT2D eigenvalue weighted by Gasteiger charge is -2.12. The summed E-state index contributed by atoms with van der Waals surface area (Å²) < 4.78 is 9.48. The Morgan fingerprint density at radius 3 is 2.85 bits per heavy atom. The third-order valence-electron chi connectivity index (χ3n) is 3.17. The smallest absolute Gasteiger partial charge is 0.242 e. The van der Waals surface area contributed by atoms with Crippen LogP contribution in [-0.4, -0.2) is 41.4 Å². The van der Waals surface area contributed by atoms with Crippen molar-refractivity contribution in [3.8, 4) is 5.88 Å². The number of imidazole rings is 1. The van der Waals surface area contributed by atoms with Crippen LogP contribution in [0.5, 0.6) is 5.88 Å². The van der Waals surface area contributed by atoms with Crippen molar-refractivity contribution in [2.45, 2.75) is 13.0 Å². The van der Waals surface area contributed by atoms with Crippen LogP contribution in [0.3, 0.4) is 0 Å². The van der Waals surface area contributed by atoms with Crippen LogP contribution in [0.4, 0.5) is 0 Å². The predicted octanol–water partition coefficient (Wildman–Crippen LogP) is 1.24. The van der Waals surface area contributed by atoms with Crippen LogP contribution in [0.25, 0.3) is 11.2 Å². The number of methoxy groups -OCH3 is 1. The predicted molar refractivity (Wildman–Crippen MR) is 74.1 cm³/mol. The van der Waals surface area contributed by atoms with Gasteiger partial charge in [-0.3, -0.25) is 4.57 Å². The van der Waals surface area contributed by atoms with E-state index in [0.29, 0.717) is 21.8 Å². The van der Waals surface area contributed by atoms with Crippen molar-refractivity contribution >= 4 is 23.4 Å². The Bertz CT molecular complexity index is 818. The van der Waals surface area contributed by atoms with Gasteiger partial charge in [-0.2, -0.15) is 4.98 Å². The van der Waals surface area contributed by atoms with Gasteiger partial charge in [0.25, 0.3) is 0 Å². The number of ether oxygens (including phenoxy) is 1. The minimum absolute atomic E-state index is 0.108. The van der Waals surface area contributed by atoms with E-state index >= 15 is 0 Å². The molecule has 9 heteroatoms. The van der Waals surface area contributed by atoms with Crippen LogP contribution in [-0.2, 0) is 7.05 Å². The summed E-state index contributed by atoms with van der Waals surface area (Å²) in [5, 5.41) is 8.01. The van der Waals surface area contributed by atoms with Crippen molar-refractivity contribution in [2.75, 3.05) is 7.11 Å². The molecule has 3 heterocycles. The first-order valence-electron chi connectivity index (χ1n) is 5.96. The van der Waals surface area contributed by atoms with Crippen LogP contribution >= 0.6 is 12.2 Å². The quantitative estimate of drug-likeness (QED) is 0.731. The molecule has 0 aliphatic carbocycles. The van der Waals surface area contributed by atoms with E-state index in [4.69, 9.17) is 17.0 Å². The highest BCUT2D eigenvalue weighted by Gasteiger charge is 2.20. The van der Waals surface area contributed by atoms with Crippen LogP contribution in [0.15, 0.2) is 12.7 Å². The van der Waals surface area contributed by atoms with E-state index in [1.807, 2.05) is 23.1 Å². The summed E-state index contributed by atoms with van der Waals surface area (Å²) in [6.45, 7) is 1.99. The van der Waals surface area contributed by atoms with Crippen molar-refractivity contribution in [1.82, 2.24) is 34.3 Å². The Labute approximate surface area is 119 Å². The molecule has 104 valence electrons. The van der Waals surface area contributed by atoms with E-state index in [1.54, 1.807) is 13.4 Å². The standard InChI is InChI=1S/C11H13N7OS/c1-6(8-16-14-5-17(8)2)18-9-7(15-11(18)20)10(19-3)13-4-12-9/h4-6H,1-3H3,(H,15,20). The molecule has 3 aromatic heterocycles. The molecule has 1 atom stereocenters. The molecule has 0 aromatic carbocycles. The van der Waals surface area contributed by atoms with Crippen molar-refractivity contribution in [2.24, 2.45) is 7.05 Å². The second-order valence-corrected chi connectivity index (χ2v) is 4.74. The number of nitrogens with one attached hydrogen (secondary N) is 1. The fraction of sp³-hybridized carbons (Fsp3) is 0.364. The van der Waals surface area contributed by atoms with Crippen molar-refractivity contribution in [1.29, 1.82) is 0 Å². The van der Waals surface area contributed by atoms with Gasteiger partial charge < -0.3 is 14.3 Å². The maximum Gasteiger partial charge on any atom is 0.242 e. The Balaban J connectivity index is 2.24. The van der Waals surface area contributed by atoms with Crippen molar-refractivity contribution in [3.63, 3.8) is 0 Å². The molecule has 0 fully saturated rings. The van der Waals surface area contributed by atoms with Gasteiger partial charge in [-0.05, 0) is 19.1 Å². The molecule has 8 nitrogen and oxygen atoms in total. The zero-order valence-electron chi connectivity index (χ0n) is 11.2. The molecular weight excluding hydrogens is 278 g/mol. The fourth-order valence-electron chi connectivity index (χ4n) is 2.22. The monoisotopic (exact) mass is 291 g/mol. The number of nitrogens with zero attached hydrogens (tertiary/aromatic N) is 6. The second-order valence-electron chi connectivity index (χ2n) is 4.36. The molecule has 20 heavy (non-hydrogen) atoms. The molecule has 0 aliphatic rings. The molecule has 3 rings (SSSR count). The summed E-state index contributed by atoms with van der Waals surface area (Å²) >= 11 is 5.38. The topological polar surface area (TPSA) is 86.4 Å². The van der Waals surface area contributed by atoms with E-state index in [9.17, 15) is 0 Å². The van der Waals surface area contributed by atoms with Gasteiger partial charge >= 0.3 is 0 Å². The molecule has 3 aromatic rings. The van der Waals surface area contributed by atoms with E-state index in [-0.39, 0.29) is 6.04 Å². The molecule has 0 amide bonds. The lowest BCUT2D eigenvalue weighted by molar-refractivity contribution is 0.401. The first-order chi connectivity index (χ1) is 9.63. The number of aromatic nitrogens is 7. The summed E-state index contributed by atoms with van der Waals surface area (Å²) in [5.41, 5.74) is 1.35. The average molecular weight is 291 g/mol. The number of aryl methyl sites for hydroxylation is 1. The Kier molecular flexibility index (Phi) is 2.97. The maximum atomic E-state index is 5.38. The largest absolute Gasteiger partial charge is 0.479 e. The third kappa shape index (κ3) is 1.78. The summed E-state index contributed by atoms with van der Waals surface area (Å²) in [6.07, 6.45) is 3.10. The first-order valence-corrected chi connectivity index (χ1v) is 6.37. The van der Waals surface area contributed by atoms with Gasteiger partial charge in [0.1, 0.15) is 18.2 Å². The van der Waals surface area contributed by atoms with Crippen molar-refractivity contribution in [3.05, 3.63) is 23.3 Å². The summed E-state index contributed by atoms with van der Waals surface area (Å²) in [4.78, 5) is 11.4. The van der Waals surface area contributed by atoms with Crippen LogP contribution < -0.4 is 4.74 Å². The molecule has 0 saturated heterocycles. The molecule has 1 unspecified atom stereocenters. The Morgan fingerprint density at radius 2 is 2.20 bits per heavy atom. The first kappa shape index (κ1) is 12.7. The summed E-state index contributed by atoms with van der Waals surface area (Å²) in [7, 11) is 3.45. The molecule has 0 radical (unpaired) electrons. The van der Waals surface area contributed by atoms with Gasteiger partial charge in [0.15, 0.2) is 16.2 Å². The molecule has 0 bridgehead atoms. The molecule has 1 N–H and O–H groups in total. The zero-order valence-corrected chi connectivity index (χ0v) is 12.0. The Morgan fingerprint density at radius 1 is 1.40 bits per heavy atom. The van der Waals surface area contributed by atoms with Crippen LogP contribution in [0, 0.1) is 4.77 Å². The van der Waals surface area contributed by atoms with Gasteiger partial charge in [-0.15, -0.1) is 10.2 Å². The number of aromatic amines is 1. The molecular formula is C11H13N7OS. The van der Waals surface area contributed by atoms with E-state index in [2.05, 4.69) is 25.1 Å². The highest BCUT2D eigenvalue weighted by molar-refractivity contribution is 7.71.